The smallest absolute Gasteiger partial charge is 0.323 e. The predicted molar refractivity (Wildman–Crippen MR) is 42.6 cm³/mol. The number of hydrogen-bond donors (Lipinski definition) is 1. The fourth-order valence-corrected chi connectivity index (χ4v) is 1.29. The van der Waals surface area contributed by atoms with Crippen LogP contribution in [0.2, 0.25) is 0 Å². The van der Waals surface area contributed by atoms with Crippen LogP contribution in [0, 0.1) is 0 Å². The number of halogens is 1. The van der Waals surface area contributed by atoms with E-state index in [1.165, 1.54) is 0 Å². The second-order valence-corrected chi connectivity index (χ2v) is 2.88. The summed E-state index contributed by atoms with van der Waals surface area (Å²) in [6.07, 6.45) is -0.116. The number of carbonyl (C=O) groups is 1. The molecule has 0 amide bonds. The summed E-state index contributed by atoms with van der Waals surface area (Å²) in [5, 5.41) is 2.92. The van der Waals surface area contributed by atoms with Gasteiger partial charge in [-0.15, -0.1) is 0 Å². The molecule has 1 rings (SSSR count). The molecule has 4 heteroatoms. The molecule has 1 fully saturated rings. The van der Waals surface area contributed by atoms with Gasteiger partial charge in [-0.25, -0.2) is 4.39 Å². The van der Waals surface area contributed by atoms with Gasteiger partial charge in [0.1, 0.15) is 12.2 Å². The average Bonchev–Trinajstić information content (AvgIpc) is 2.05. The molecule has 70 valence electrons. The fourth-order valence-electron chi connectivity index (χ4n) is 1.29. The van der Waals surface area contributed by atoms with Gasteiger partial charge >= 0.3 is 5.97 Å². The summed E-state index contributed by atoms with van der Waals surface area (Å²) in [6.45, 7) is 2.66. The molecule has 0 aliphatic carbocycles. The largest absolute Gasteiger partial charge is 0.465 e. The van der Waals surface area contributed by atoms with Gasteiger partial charge in [0.25, 0.3) is 0 Å². The van der Waals surface area contributed by atoms with Gasteiger partial charge < -0.3 is 10.1 Å². The van der Waals surface area contributed by atoms with Crippen LogP contribution in [0.1, 0.15) is 19.8 Å². The van der Waals surface area contributed by atoms with Crippen molar-refractivity contribution in [3.63, 3.8) is 0 Å². The molecule has 12 heavy (non-hydrogen) atoms. The molecule has 0 radical (unpaired) electrons. The molecule has 0 saturated carbocycles. The van der Waals surface area contributed by atoms with Crippen LogP contribution in [0.15, 0.2) is 0 Å². The Labute approximate surface area is 71.3 Å². The van der Waals surface area contributed by atoms with Crippen molar-refractivity contribution in [3.8, 4) is 0 Å². The van der Waals surface area contributed by atoms with Crippen molar-refractivity contribution in [2.75, 3.05) is 13.2 Å². The normalized spacial score (nSPS) is 29.8. The van der Waals surface area contributed by atoms with E-state index in [0.29, 0.717) is 19.6 Å². The lowest BCUT2D eigenvalue weighted by atomic mass is 10.0. The average molecular weight is 175 g/mol. The summed E-state index contributed by atoms with van der Waals surface area (Å²) < 4.78 is 17.5. The molecule has 1 aliphatic rings. The number of rotatable bonds is 2. The maximum absolute atomic E-state index is 12.8. The van der Waals surface area contributed by atoms with Crippen molar-refractivity contribution in [1.82, 2.24) is 5.32 Å². The quantitative estimate of drug-likeness (QED) is 0.626. The first kappa shape index (κ1) is 9.45. The van der Waals surface area contributed by atoms with Crippen molar-refractivity contribution < 1.29 is 13.9 Å². The van der Waals surface area contributed by atoms with E-state index in [-0.39, 0.29) is 12.4 Å². The molecule has 0 unspecified atom stereocenters. The van der Waals surface area contributed by atoms with Crippen LogP contribution in [-0.4, -0.2) is 31.3 Å². The molecule has 0 aromatic rings. The van der Waals surface area contributed by atoms with Crippen molar-refractivity contribution in [3.05, 3.63) is 0 Å². The van der Waals surface area contributed by atoms with Crippen LogP contribution >= 0.6 is 0 Å². The maximum Gasteiger partial charge on any atom is 0.323 e. The second-order valence-electron chi connectivity index (χ2n) is 2.88. The van der Waals surface area contributed by atoms with Gasteiger partial charge in [-0.2, -0.15) is 0 Å². The zero-order valence-electron chi connectivity index (χ0n) is 7.18. The van der Waals surface area contributed by atoms with E-state index in [0.717, 1.165) is 0 Å². The topological polar surface area (TPSA) is 38.3 Å². The highest BCUT2D eigenvalue weighted by Gasteiger charge is 2.27. The third-order valence-electron chi connectivity index (χ3n) is 1.91. The van der Waals surface area contributed by atoms with Crippen LogP contribution in [0.25, 0.3) is 0 Å². The van der Waals surface area contributed by atoms with Crippen LogP contribution in [-0.2, 0) is 9.53 Å². The van der Waals surface area contributed by atoms with Crippen LogP contribution in [0.5, 0.6) is 0 Å². The Hall–Kier alpha value is -0.640. The van der Waals surface area contributed by atoms with E-state index in [4.69, 9.17) is 4.74 Å². The molecule has 3 nitrogen and oxygen atoms in total. The number of nitrogens with one attached hydrogen (secondary N) is 1. The minimum Gasteiger partial charge on any atom is -0.465 e. The third kappa shape index (κ3) is 2.44. The van der Waals surface area contributed by atoms with Crippen molar-refractivity contribution in [2.24, 2.45) is 0 Å². The van der Waals surface area contributed by atoms with E-state index >= 15 is 0 Å². The Kier molecular flexibility index (Phi) is 3.47. The highest BCUT2D eigenvalue weighted by molar-refractivity contribution is 5.75. The van der Waals surface area contributed by atoms with E-state index < -0.39 is 12.2 Å². The summed E-state index contributed by atoms with van der Waals surface area (Å²) in [4.78, 5) is 11.1. The molecule has 0 bridgehead atoms. The van der Waals surface area contributed by atoms with Gasteiger partial charge in [-0.3, -0.25) is 4.79 Å². The lowest BCUT2D eigenvalue weighted by Gasteiger charge is -2.24. The Bertz CT molecular complexity index is 163. The zero-order valence-corrected chi connectivity index (χ0v) is 7.18. The number of carbonyl (C=O) groups excluding carboxylic acids is 1. The van der Waals surface area contributed by atoms with Gasteiger partial charge in [0.15, 0.2) is 0 Å². The number of piperidine rings is 1. The first-order valence-corrected chi connectivity index (χ1v) is 4.28. The second kappa shape index (κ2) is 4.40. The molecule has 0 aromatic carbocycles. The molecule has 1 heterocycles. The molecule has 0 aromatic heterocycles. The SMILES string of the molecule is CCOC(=O)[C@@H]1C[C@H](F)CCN1. The summed E-state index contributed by atoms with van der Waals surface area (Å²) in [5.41, 5.74) is 0. The number of hydrogen-bond acceptors (Lipinski definition) is 3. The van der Waals surface area contributed by atoms with Gasteiger partial charge in [0, 0.05) is 6.42 Å². The van der Waals surface area contributed by atoms with Gasteiger partial charge in [-0.05, 0) is 19.9 Å². The Morgan fingerprint density at radius 3 is 3.08 bits per heavy atom. The minimum absolute atomic E-state index is 0.249. The summed E-state index contributed by atoms with van der Waals surface area (Å²) in [5.74, 6) is -0.333. The lowest BCUT2D eigenvalue weighted by Crippen LogP contribution is -2.45. The Morgan fingerprint density at radius 1 is 1.75 bits per heavy atom. The van der Waals surface area contributed by atoms with E-state index in [9.17, 15) is 9.18 Å². The van der Waals surface area contributed by atoms with E-state index in [2.05, 4.69) is 5.32 Å². The highest BCUT2D eigenvalue weighted by Crippen LogP contribution is 2.12. The number of ether oxygens (including phenoxy) is 1. The number of alkyl halides is 1. The lowest BCUT2D eigenvalue weighted by molar-refractivity contribution is -0.146. The molecule has 2 atom stereocenters. The Balaban J connectivity index is 2.35. The van der Waals surface area contributed by atoms with E-state index in [1.807, 2.05) is 0 Å². The Morgan fingerprint density at radius 2 is 2.50 bits per heavy atom. The van der Waals surface area contributed by atoms with Gasteiger partial charge in [-0.1, -0.05) is 0 Å². The summed E-state index contributed by atoms with van der Waals surface area (Å²) in [6, 6.07) is -0.436. The minimum atomic E-state index is -0.861. The van der Waals surface area contributed by atoms with Crippen LogP contribution < -0.4 is 5.32 Å². The number of esters is 1. The van der Waals surface area contributed by atoms with Crippen LogP contribution in [0.3, 0.4) is 0 Å². The van der Waals surface area contributed by atoms with Gasteiger partial charge in [0.05, 0.1) is 6.61 Å². The molecular formula is C8H14FNO2. The highest BCUT2D eigenvalue weighted by atomic mass is 19.1. The standard InChI is InChI=1S/C8H14FNO2/c1-2-12-8(11)7-5-6(9)3-4-10-7/h6-7,10H,2-5H2,1H3/t6-,7+/m1/s1. The monoisotopic (exact) mass is 175 g/mol. The summed E-state index contributed by atoms with van der Waals surface area (Å²) in [7, 11) is 0. The fraction of sp³-hybridized carbons (Fsp3) is 0.875. The maximum atomic E-state index is 12.8. The van der Waals surface area contributed by atoms with Crippen molar-refractivity contribution in [2.45, 2.75) is 32.0 Å². The first-order valence-electron chi connectivity index (χ1n) is 4.28. The predicted octanol–water partition coefficient (Wildman–Crippen LogP) is 0.640. The molecule has 0 spiro atoms. The van der Waals surface area contributed by atoms with Crippen molar-refractivity contribution >= 4 is 5.97 Å². The van der Waals surface area contributed by atoms with E-state index in [1.54, 1.807) is 6.92 Å². The zero-order chi connectivity index (χ0) is 8.97. The molecule has 1 N–H and O–H groups in total. The molecule has 1 aliphatic heterocycles. The summed E-state index contributed by atoms with van der Waals surface area (Å²) >= 11 is 0. The third-order valence-corrected chi connectivity index (χ3v) is 1.91. The van der Waals surface area contributed by atoms with Crippen molar-refractivity contribution in [1.29, 1.82) is 0 Å². The van der Waals surface area contributed by atoms with Crippen LogP contribution in [0.4, 0.5) is 4.39 Å². The van der Waals surface area contributed by atoms with Gasteiger partial charge in [0.2, 0.25) is 0 Å². The molecule has 1 saturated heterocycles. The first-order chi connectivity index (χ1) is 5.74. The molecular weight excluding hydrogens is 161 g/mol.